The second-order valence-electron chi connectivity index (χ2n) is 5.95. The van der Waals surface area contributed by atoms with Gasteiger partial charge < -0.3 is 24.4 Å². The van der Waals surface area contributed by atoms with Gasteiger partial charge in [0.05, 0.1) is 12.8 Å². The molecule has 0 aliphatic carbocycles. The summed E-state index contributed by atoms with van der Waals surface area (Å²) in [6, 6.07) is 13.2. The summed E-state index contributed by atoms with van der Waals surface area (Å²) in [6.07, 6.45) is 0. The monoisotopic (exact) mass is 372 g/mol. The predicted molar refractivity (Wildman–Crippen MR) is 101 cm³/mol. The molecule has 1 saturated heterocycles. The van der Waals surface area contributed by atoms with Crippen molar-refractivity contribution in [3.05, 3.63) is 48.0 Å². The first-order valence-corrected chi connectivity index (χ1v) is 9.53. The molecular weight excluding hydrogens is 352 g/mol. The van der Waals surface area contributed by atoms with Crippen molar-refractivity contribution in [3.63, 3.8) is 0 Å². The van der Waals surface area contributed by atoms with E-state index in [9.17, 15) is 4.79 Å². The van der Waals surface area contributed by atoms with E-state index in [1.165, 1.54) is 0 Å². The number of carbonyl (C=O) groups is 1. The number of para-hydroxylation sites is 2. The molecule has 1 fully saturated rings. The molecule has 0 radical (unpaired) electrons. The summed E-state index contributed by atoms with van der Waals surface area (Å²) in [7, 11) is 1.59. The van der Waals surface area contributed by atoms with Crippen molar-refractivity contribution in [2.24, 2.45) is 0 Å². The minimum Gasteiger partial charge on any atom is -0.495 e. The molecule has 0 unspecified atom stereocenters. The topological polar surface area (TPSA) is 60.0 Å². The number of urea groups is 1. The number of rotatable bonds is 3. The number of methoxy groups -OCH3 is 1. The van der Waals surface area contributed by atoms with Crippen LogP contribution < -0.4 is 19.5 Å². The molecule has 1 atom stereocenters. The standard InChI is InChI=1S/C19H20N2O4S/c1-23-15-5-3-2-4-14(15)20-19(22)21-8-11-26-18(21)13-6-7-16-17(12-13)25-10-9-24-16/h2-7,12,18H,8-11H2,1H3,(H,20,22)/t18-/m0/s1. The van der Waals surface area contributed by atoms with Gasteiger partial charge in [-0.2, -0.15) is 0 Å². The van der Waals surface area contributed by atoms with Crippen LogP contribution in [-0.4, -0.2) is 43.6 Å². The molecule has 2 aliphatic rings. The smallest absolute Gasteiger partial charge is 0.323 e. The van der Waals surface area contributed by atoms with Gasteiger partial charge in [-0.3, -0.25) is 0 Å². The summed E-state index contributed by atoms with van der Waals surface area (Å²) in [6.45, 7) is 1.80. The molecule has 2 aromatic carbocycles. The average Bonchev–Trinajstić information content (AvgIpc) is 3.18. The minimum atomic E-state index is -0.139. The van der Waals surface area contributed by atoms with Gasteiger partial charge in [-0.25, -0.2) is 4.79 Å². The Morgan fingerprint density at radius 2 is 2.00 bits per heavy atom. The lowest BCUT2D eigenvalue weighted by Crippen LogP contribution is -2.34. The molecule has 0 bridgehead atoms. The lowest BCUT2D eigenvalue weighted by atomic mass is 10.1. The molecule has 0 spiro atoms. The number of ether oxygens (including phenoxy) is 3. The molecule has 0 aromatic heterocycles. The Balaban J connectivity index is 1.54. The van der Waals surface area contributed by atoms with Crippen LogP contribution in [0.4, 0.5) is 10.5 Å². The first-order valence-electron chi connectivity index (χ1n) is 8.48. The Morgan fingerprint density at radius 1 is 1.19 bits per heavy atom. The van der Waals surface area contributed by atoms with Crippen LogP contribution >= 0.6 is 11.8 Å². The van der Waals surface area contributed by atoms with Crippen LogP contribution in [0.15, 0.2) is 42.5 Å². The highest BCUT2D eigenvalue weighted by atomic mass is 32.2. The van der Waals surface area contributed by atoms with E-state index in [0.29, 0.717) is 31.2 Å². The number of fused-ring (bicyclic) bond motifs is 1. The number of amides is 2. The van der Waals surface area contributed by atoms with Gasteiger partial charge in [-0.1, -0.05) is 18.2 Å². The van der Waals surface area contributed by atoms with Crippen molar-refractivity contribution in [2.45, 2.75) is 5.37 Å². The number of benzene rings is 2. The third-order valence-electron chi connectivity index (χ3n) is 4.35. The van der Waals surface area contributed by atoms with Crippen LogP contribution in [-0.2, 0) is 0 Å². The summed E-state index contributed by atoms with van der Waals surface area (Å²) >= 11 is 1.74. The number of nitrogens with one attached hydrogen (secondary N) is 1. The Kier molecular flexibility index (Phi) is 4.79. The molecule has 7 heteroatoms. The molecule has 4 rings (SSSR count). The Labute approximate surface area is 156 Å². The average molecular weight is 372 g/mol. The Morgan fingerprint density at radius 3 is 2.85 bits per heavy atom. The predicted octanol–water partition coefficient (Wildman–Crippen LogP) is 3.75. The van der Waals surface area contributed by atoms with Crippen LogP contribution in [0.2, 0.25) is 0 Å². The second kappa shape index (κ2) is 7.37. The van der Waals surface area contributed by atoms with E-state index in [2.05, 4.69) is 5.32 Å². The number of thioether (sulfide) groups is 1. The van der Waals surface area contributed by atoms with Gasteiger partial charge in [0, 0.05) is 12.3 Å². The highest BCUT2D eigenvalue weighted by Crippen LogP contribution is 2.42. The van der Waals surface area contributed by atoms with Gasteiger partial charge in [0.15, 0.2) is 11.5 Å². The van der Waals surface area contributed by atoms with E-state index in [4.69, 9.17) is 14.2 Å². The molecule has 2 heterocycles. The molecule has 1 N–H and O–H groups in total. The summed E-state index contributed by atoms with van der Waals surface area (Å²) < 4.78 is 16.6. The van der Waals surface area contributed by atoms with Gasteiger partial charge in [-0.15, -0.1) is 11.8 Å². The van der Waals surface area contributed by atoms with E-state index >= 15 is 0 Å². The van der Waals surface area contributed by atoms with Crippen molar-refractivity contribution >= 4 is 23.5 Å². The molecule has 26 heavy (non-hydrogen) atoms. The fraction of sp³-hybridized carbons (Fsp3) is 0.316. The minimum absolute atomic E-state index is 0.0551. The fourth-order valence-electron chi connectivity index (χ4n) is 3.10. The van der Waals surface area contributed by atoms with Gasteiger partial charge >= 0.3 is 6.03 Å². The lowest BCUT2D eigenvalue weighted by Gasteiger charge is -2.26. The number of carbonyl (C=O) groups excluding carboxylic acids is 1. The first kappa shape index (κ1) is 16.9. The second-order valence-corrected chi connectivity index (χ2v) is 7.14. The zero-order valence-electron chi connectivity index (χ0n) is 14.4. The molecule has 0 saturated carbocycles. The summed E-state index contributed by atoms with van der Waals surface area (Å²) in [5.74, 6) is 3.03. The van der Waals surface area contributed by atoms with E-state index < -0.39 is 0 Å². The van der Waals surface area contributed by atoms with Gasteiger partial charge in [0.2, 0.25) is 0 Å². The van der Waals surface area contributed by atoms with Gasteiger partial charge in [0.25, 0.3) is 0 Å². The maximum Gasteiger partial charge on any atom is 0.323 e. The Bertz CT molecular complexity index is 814. The van der Waals surface area contributed by atoms with E-state index in [-0.39, 0.29) is 11.4 Å². The molecular formula is C19H20N2O4S. The van der Waals surface area contributed by atoms with Gasteiger partial charge in [-0.05, 0) is 29.8 Å². The summed E-state index contributed by atoms with van der Waals surface area (Å²) in [5, 5.41) is 2.90. The van der Waals surface area contributed by atoms with Crippen LogP contribution in [0.3, 0.4) is 0 Å². The normalized spacial score (nSPS) is 18.5. The SMILES string of the molecule is COc1ccccc1NC(=O)N1CCS[C@H]1c1ccc2c(c1)OCCO2. The third kappa shape index (κ3) is 3.26. The Hall–Kier alpha value is -2.54. The molecule has 2 amide bonds. The van der Waals surface area contributed by atoms with E-state index in [1.807, 2.05) is 47.4 Å². The first-order chi connectivity index (χ1) is 12.8. The maximum atomic E-state index is 12.8. The van der Waals surface area contributed by atoms with Crippen molar-refractivity contribution in [1.82, 2.24) is 4.90 Å². The summed E-state index contributed by atoms with van der Waals surface area (Å²) in [4.78, 5) is 14.7. The van der Waals surface area contributed by atoms with Crippen LogP contribution in [0, 0.1) is 0 Å². The lowest BCUT2D eigenvalue weighted by molar-refractivity contribution is 0.171. The van der Waals surface area contributed by atoms with Crippen molar-refractivity contribution in [1.29, 1.82) is 0 Å². The van der Waals surface area contributed by atoms with Crippen LogP contribution in [0.5, 0.6) is 17.2 Å². The largest absolute Gasteiger partial charge is 0.495 e. The van der Waals surface area contributed by atoms with Crippen molar-refractivity contribution in [3.8, 4) is 17.2 Å². The zero-order valence-corrected chi connectivity index (χ0v) is 15.3. The third-order valence-corrected chi connectivity index (χ3v) is 5.61. The number of hydrogen-bond donors (Lipinski definition) is 1. The molecule has 136 valence electrons. The fourth-order valence-corrected chi connectivity index (χ4v) is 4.35. The summed E-state index contributed by atoms with van der Waals surface area (Å²) in [5.41, 5.74) is 1.70. The van der Waals surface area contributed by atoms with Crippen molar-refractivity contribution in [2.75, 3.05) is 37.9 Å². The van der Waals surface area contributed by atoms with Crippen LogP contribution in [0.25, 0.3) is 0 Å². The van der Waals surface area contributed by atoms with Crippen molar-refractivity contribution < 1.29 is 19.0 Å². The number of anilines is 1. The van der Waals surface area contributed by atoms with Gasteiger partial charge in [0.1, 0.15) is 24.3 Å². The van der Waals surface area contributed by atoms with E-state index in [1.54, 1.807) is 18.9 Å². The number of hydrogen-bond acceptors (Lipinski definition) is 5. The molecule has 6 nitrogen and oxygen atoms in total. The highest BCUT2D eigenvalue weighted by Gasteiger charge is 2.32. The quantitative estimate of drug-likeness (QED) is 0.889. The maximum absolute atomic E-state index is 12.8. The highest BCUT2D eigenvalue weighted by molar-refractivity contribution is 7.99. The number of nitrogens with zero attached hydrogens (tertiary/aromatic N) is 1. The molecule has 2 aliphatic heterocycles. The van der Waals surface area contributed by atoms with E-state index in [0.717, 1.165) is 22.8 Å². The molecule has 2 aromatic rings. The zero-order chi connectivity index (χ0) is 17.9. The van der Waals surface area contributed by atoms with Crippen LogP contribution in [0.1, 0.15) is 10.9 Å².